The Balaban J connectivity index is 1.40. The van der Waals surface area contributed by atoms with E-state index in [9.17, 15) is 9.59 Å². The SMILES string of the molecule is CC(C)(C)OC(=O)n1c(=O)c2cc(-c3ccc(-c4cccs4)s3)ccc2c2ccc(-c3ccc(-c4cccs4)s3)cc21. The number of carbonyl (C=O) groups is 1. The molecule has 0 saturated heterocycles. The second-order valence-corrected chi connectivity index (χ2v) is 15.0. The summed E-state index contributed by atoms with van der Waals surface area (Å²) in [5.74, 6) is 0. The molecular weight excluding hydrogens is 599 g/mol. The summed E-state index contributed by atoms with van der Waals surface area (Å²) in [6, 6.07) is 28.7. The van der Waals surface area contributed by atoms with E-state index in [2.05, 4.69) is 59.3 Å². The lowest BCUT2D eigenvalue weighted by molar-refractivity contribution is 0.0539. The Morgan fingerprint density at radius 3 is 1.74 bits per heavy atom. The van der Waals surface area contributed by atoms with Crippen LogP contribution < -0.4 is 5.56 Å². The van der Waals surface area contributed by atoms with E-state index in [4.69, 9.17) is 4.74 Å². The molecular formula is C34H25NO3S4. The van der Waals surface area contributed by atoms with Crippen LogP contribution in [0.3, 0.4) is 0 Å². The van der Waals surface area contributed by atoms with Gasteiger partial charge in [0.1, 0.15) is 5.60 Å². The van der Waals surface area contributed by atoms with Gasteiger partial charge in [-0.1, -0.05) is 36.4 Å². The molecule has 0 unspecified atom stereocenters. The molecule has 4 nitrogen and oxygen atoms in total. The molecule has 208 valence electrons. The molecule has 0 aliphatic heterocycles. The molecule has 0 bridgehead atoms. The molecule has 0 aliphatic carbocycles. The van der Waals surface area contributed by atoms with E-state index in [0.717, 1.165) is 31.7 Å². The van der Waals surface area contributed by atoms with Crippen LogP contribution in [0.4, 0.5) is 4.79 Å². The molecule has 0 aliphatic rings. The Labute approximate surface area is 258 Å². The fourth-order valence-electron chi connectivity index (χ4n) is 5.01. The van der Waals surface area contributed by atoms with Crippen molar-refractivity contribution in [1.29, 1.82) is 0 Å². The molecule has 8 heteroatoms. The molecule has 7 rings (SSSR count). The Bertz CT molecular complexity index is 2140. The lowest BCUT2D eigenvalue weighted by Crippen LogP contribution is -2.34. The molecule has 5 aromatic heterocycles. The quantitative estimate of drug-likeness (QED) is 0.183. The number of thiophene rings is 4. The van der Waals surface area contributed by atoms with Crippen molar-refractivity contribution in [2.45, 2.75) is 26.4 Å². The van der Waals surface area contributed by atoms with E-state index in [-0.39, 0.29) is 5.56 Å². The lowest BCUT2D eigenvalue weighted by Gasteiger charge is -2.21. The van der Waals surface area contributed by atoms with Crippen LogP contribution in [-0.4, -0.2) is 16.3 Å². The summed E-state index contributed by atoms with van der Waals surface area (Å²) in [7, 11) is 0. The van der Waals surface area contributed by atoms with Gasteiger partial charge in [0.05, 0.1) is 5.52 Å². The summed E-state index contributed by atoms with van der Waals surface area (Å²) in [5.41, 5.74) is 1.29. The minimum absolute atomic E-state index is 0.383. The van der Waals surface area contributed by atoms with Gasteiger partial charge in [0.2, 0.25) is 0 Å². The normalized spacial score (nSPS) is 11.9. The maximum atomic E-state index is 14.1. The van der Waals surface area contributed by atoms with Gasteiger partial charge in [-0.3, -0.25) is 4.79 Å². The second-order valence-electron chi connectivity index (χ2n) is 10.9. The highest BCUT2D eigenvalue weighted by molar-refractivity contribution is 7.23. The Morgan fingerprint density at radius 1 is 0.643 bits per heavy atom. The highest BCUT2D eigenvalue weighted by Gasteiger charge is 2.23. The maximum Gasteiger partial charge on any atom is 0.422 e. The number of aromatic nitrogens is 1. The molecule has 5 heterocycles. The van der Waals surface area contributed by atoms with E-state index >= 15 is 0 Å². The molecule has 0 N–H and O–H groups in total. The lowest BCUT2D eigenvalue weighted by atomic mass is 10.0. The summed E-state index contributed by atoms with van der Waals surface area (Å²) in [6.07, 6.45) is -0.677. The summed E-state index contributed by atoms with van der Waals surface area (Å²) in [5, 5.41) is 6.27. The highest BCUT2D eigenvalue weighted by Crippen LogP contribution is 2.40. The van der Waals surface area contributed by atoms with Crippen LogP contribution in [-0.2, 0) is 4.74 Å². The van der Waals surface area contributed by atoms with Crippen molar-refractivity contribution in [2.24, 2.45) is 0 Å². The van der Waals surface area contributed by atoms with Crippen LogP contribution in [0.2, 0.25) is 0 Å². The topological polar surface area (TPSA) is 48.3 Å². The predicted octanol–water partition coefficient (Wildman–Crippen LogP) is 10.9. The Hall–Kier alpha value is -3.82. The van der Waals surface area contributed by atoms with E-state index in [0.29, 0.717) is 10.9 Å². The van der Waals surface area contributed by atoms with Crippen LogP contribution in [0, 0.1) is 0 Å². The average molecular weight is 624 g/mol. The van der Waals surface area contributed by atoms with E-state index < -0.39 is 11.7 Å². The zero-order valence-corrected chi connectivity index (χ0v) is 26.3. The maximum absolute atomic E-state index is 14.1. The molecule has 7 aromatic rings. The number of fused-ring (bicyclic) bond motifs is 3. The average Bonchev–Trinajstić information content (AvgIpc) is 3.79. The molecule has 0 saturated carbocycles. The first-order valence-corrected chi connectivity index (χ1v) is 16.8. The van der Waals surface area contributed by atoms with Gasteiger partial charge in [0.25, 0.3) is 5.56 Å². The zero-order valence-electron chi connectivity index (χ0n) is 23.0. The second kappa shape index (κ2) is 10.5. The standard InChI is InChI=1S/C34H25NO3S4/c1-34(2,3)38-33(37)35-25-19-21(27-13-15-31(42-27)29-7-5-17-40-29)9-11-23(25)22-10-8-20(18-24(22)32(35)36)26-12-14-30(41-26)28-6-4-16-39-28/h4-19H,1-3H3. The number of hydrogen-bond acceptors (Lipinski definition) is 7. The molecule has 0 fully saturated rings. The zero-order chi connectivity index (χ0) is 29.0. The number of ether oxygens (including phenoxy) is 1. The number of benzene rings is 2. The van der Waals surface area contributed by atoms with Gasteiger partial charge in [-0.2, -0.15) is 0 Å². The minimum atomic E-state index is -0.754. The van der Waals surface area contributed by atoms with Crippen LogP contribution >= 0.6 is 45.3 Å². The fraction of sp³-hybridized carbons (Fsp3) is 0.118. The van der Waals surface area contributed by atoms with Gasteiger partial charge in [-0.05, 0) is 96.6 Å². The van der Waals surface area contributed by atoms with E-state index in [1.807, 2.05) is 57.2 Å². The number of pyridine rings is 1. The highest BCUT2D eigenvalue weighted by atomic mass is 32.1. The summed E-state index contributed by atoms with van der Waals surface area (Å²) in [6.45, 7) is 5.42. The third kappa shape index (κ3) is 4.94. The molecule has 42 heavy (non-hydrogen) atoms. The fourth-order valence-corrected chi connectivity index (χ4v) is 8.69. The van der Waals surface area contributed by atoms with Gasteiger partial charge >= 0.3 is 6.09 Å². The van der Waals surface area contributed by atoms with Crippen molar-refractivity contribution in [3.63, 3.8) is 0 Å². The van der Waals surface area contributed by atoms with Crippen molar-refractivity contribution < 1.29 is 9.53 Å². The molecule has 0 amide bonds. The van der Waals surface area contributed by atoms with Crippen molar-refractivity contribution in [3.8, 4) is 40.4 Å². The smallest absolute Gasteiger partial charge is 0.422 e. The molecule has 2 aromatic carbocycles. The number of hydrogen-bond donors (Lipinski definition) is 0. The van der Waals surface area contributed by atoms with Crippen LogP contribution in [0.25, 0.3) is 62.1 Å². The van der Waals surface area contributed by atoms with E-state index in [1.54, 1.807) is 45.3 Å². The van der Waals surface area contributed by atoms with E-state index in [1.165, 1.54) is 24.1 Å². The van der Waals surface area contributed by atoms with Gasteiger partial charge < -0.3 is 4.74 Å². The van der Waals surface area contributed by atoms with Gasteiger partial charge in [-0.25, -0.2) is 9.36 Å². The number of carbonyl (C=O) groups excluding carboxylic acids is 1. The third-order valence-electron chi connectivity index (χ3n) is 6.87. The van der Waals surface area contributed by atoms with Gasteiger partial charge in [0, 0.05) is 40.0 Å². The Kier molecular flexibility index (Phi) is 6.74. The van der Waals surface area contributed by atoms with Crippen LogP contribution in [0.15, 0.2) is 100 Å². The van der Waals surface area contributed by atoms with Crippen molar-refractivity contribution in [2.75, 3.05) is 0 Å². The number of rotatable bonds is 4. The van der Waals surface area contributed by atoms with Crippen LogP contribution in [0.5, 0.6) is 0 Å². The Morgan fingerprint density at radius 2 is 1.19 bits per heavy atom. The first-order valence-electron chi connectivity index (χ1n) is 13.4. The van der Waals surface area contributed by atoms with Crippen molar-refractivity contribution >= 4 is 73.1 Å². The first kappa shape index (κ1) is 27.0. The summed E-state index contributed by atoms with van der Waals surface area (Å²) < 4.78 is 6.95. The predicted molar refractivity (Wildman–Crippen MR) is 181 cm³/mol. The van der Waals surface area contributed by atoms with Gasteiger partial charge in [0.15, 0.2) is 0 Å². The van der Waals surface area contributed by atoms with Crippen molar-refractivity contribution in [3.05, 3.63) is 106 Å². The largest absolute Gasteiger partial charge is 0.443 e. The summed E-state index contributed by atoms with van der Waals surface area (Å²) >= 11 is 6.80. The first-order chi connectivity index (χ1) is 20.2. The summed E-state index contributed by atoms with van der Waals surface area (Å²) in [4.78, 5) is 34.7. The third-order valence-corrected chi connectivity index (χ3v) is 11.3. The van der Waals surface area contributed by atoms with Crippen LogP contribution in [0.1, 0.15) is 20.8 Å². The number of nitrogens with zero attached hydrogens (tertiary/aromatic N) is 1. The molecule has 0 radical (unpaired) electrons. The van der Waals surface area contributed by atoms with Gasteiger partial charge in [-0.15, -0.1) is 45.3 Å². The monoisotopic (exact) mass is 623 g/mol. The molecule has 0 spiro atoms. The molecule has 0 atom stereocenters. The van der Waals surface area contributed by atoms with Crippen molar-refractivity contribution in [1.82, 2.24) is 4.57 Å². The minimum Gasteiger partial charge on any atom is -0.443 e.